The van der Waals surface area contributed by atoms with E-state index < -0.39 is 4.92 Å². The van der Waals surface area contributed by atoms with Crippen LogP contribution in [0.4, 0.5) is 5.69 Å². The Morgan fingerprint density at radius 2 is 2.07 bits per heavy atom. The van der Waals surface area contributed by atoms with Gasteiger partial charge in [0.25, 0.3) is 11.2 Å². The lowest BCUT2D eigenvalue weighted by molar-refractivity contribution is -0.384. The predicted molar refractivity (Wildman–Crippen MR) is 114 cm³/mol. The summed E-state index contributed by atoms with van der Waals surface area (Å²) in [6.07, 6.45) is 1.63. The van der Waals surface area contributed by atoms with Gasteiger partial charge in [0, 0.05) is 30.0 Å². The first-order valence-corrected chi connectivity index (χ1v) is 9.95. The SMILES string of the molecule is C=CCn1c(=O)c2ccccc2n2c(SCc3cc([N+](=O)[O-])ccc3OC)nnc12. The summed E-state index contributed by atoms with van der Waals surface area (Å²) in [6.45, 7) is 4.02. The van der Waals surface area contributed by atoms with Crippen molar-refractivity contribution >= 4 is 34.1 Å². The third-order valence-corrected chi connectivity index (χ3v) is 5.60. The third kappa shape index (κ3) is 3.30. The molecule has 4 aromatic rings. The number of ether oxygens (including phenoxy) is 1. The van der Waals surface area contributed by atoms with Crippen LogP contribution in [0.5, 0.6) is 5.75 Å². The highest BCUT2D eigenvalue weighted by atomic mass is 32.2. The molecule has 2 heterocycles. The van der Waals surface area contributed by atoms with Gasteiger partial charge in [-0.05, 0) is 18.2 Å². The van der Waals surface area contributed by atoms with Gasteiger partial charge in [-0.1, -0.05) is 30.0 Å². The van der Waals surface area contributed by atoms with Crippen molar-refractivity contribution in [2.24, 2.45) is 0 Å². The molecule has 0 fully saturated rings. The molecule has 0 unspecified atom stereocenters. The molecule has 0 aliphatic carbocycles. The Balaban J connectivity index is 1.82. The summed E-state index contributed by atoms with van der Waals surface area (Å²) in [5, 5.41) is 20.7. The molecule has 0 aliphatic heterocycles. The molecule has 2 aromatic carbocycles. The highest BCUT2D eigenvalue weighted by Crippen LogP contribution is 2.31. The zero-order valence-corrected chi connectivity index (χ0v) is 16.8. The lowest BCUT2D eigenvalue weighted by Crippen LogP contribution is -2.22. The minimum absolute atomic E-state index is 0.0113. The number of hydrogen-bond acceptors (Lipinski definition) is 7. The number of nitro benzene ring substituents is 1. The Labute approximate surface area is 174 Å². The van der Waals surface area contributed by atoms with Crippen LogP contribution in [0.1, 0.15) is 5.56 Å². The molecule has 152 valence electrons. The smallest absolute Gasteiger partial charge is 0.270 e. The van der Waals surface area contributed by atoms with Gasteiger partial charge in [0.05, 0.1) is 22.9 Å². The molecule has 0 saturated carbocycles. The number of benzene rings is 2. The Hall–Kier alpha value is -3.66. The molecule has 10 heteroatoms. The maximum absolute atomic E-state index is 12.9. The molecule has 0 spiro atoms. The number of non-ortho nitro benzene ring substituents is 1. The predicted octanol–water partition coefficient (Wildman–Crippen LogP) is 3.44. The number of hydrogen-bond donors (Lipinski definition) is 0. The van der Waals surface area contributed by atoms with E-state index in [-0.39, 0.29) is 11.2 Å². The van der Waals surface area contributed by atoms with Gasteiger partial charge >= 0.3 is 0 Å². The third-order valence-electron chi connectivity index (χ3n) is 4.62. The second kappa shape index (κ2) is 7.99. The first kappa shape index (κ1) is 19.6. The van der Waals surface area contributed by atoms with Crippen molar-refractivity contribution in [2.45, 2.75) is 17.5 Å². The molecule has 2 aromatic heterocycles. The maximum atomic E-state index is 12.9. The standard InChI is InChI=1S/C20H17N5O4S/c1-3-10-23-18(26)15-6-4-5-7-16(15)24-19(23)21-22-20(24)30-12-13-11-14(25(27)28)8-9-17(13)29-2/h3-9,11H,1,10,12H2,2H3. The number of nitrogens with zero attached hydrogens (tertiary/aromatic N) is 5. The molecule has 0 amide bonds. The van der Waals surface area contributed by atoms with Crippen LogP contribution in [-0.2, 0) is 12.3 Å². The van der Waals surface area contributed by atoms with E-state index in [2.05, 4.69) is 16.8 Å². The fraction of sp³-hybridized carbons (Fsp3) is 0.150. The normalized spacial score (nSPS) is 11.1. The largest absolute Gasteiger partial charge is 0.496 e. The van der Waals surface area contributed by atoms with Crippen LogP contribution in [0.3, 0.4) is 0 Å². The van der Waals surface area contributed by atoms with Gasteiger partial charge in [-0.15, -0.1) is 16.8 Å². The van der Waals surface area contributed by atoms with Crippen LogP contribution in [0, 0.1) is 10.1 Å². The average Bonchev–Trinajstić information content (AvgIpc) is 3.18. The summed E-state index contributed by atoms with van der Waals surface area (Å²) >= 11 is 1.35. The van der Waals surface area contributed by atoms with Gasteiger partial charge in [-0.25, -0.2) is 0 Å². The number of methoxy groups -OCH3 is 1. The lowest BCUT2D eigenvalue weighted by Gasteiger charge is -2.10. The Bertz CT molecular complexity index is 1340. The Kier molecular flexibility index (Phi) is 5.23. The fourth-order valence-electron chi connectivity index (χ4n) is 3.25. The number of rotatable bonds is 7. The zero-order chi connectivity index (χ0) is 21.3. The van der Waals surface area contributed by atoms with Crippen molar-refractivity contribution in [3.05, 3.63) is 81.2 Å². The molecule has 0 radical (unpaired) electrons. The Morgan fingerprint density at radius 3 is 2.80 bits per heavy atom. The van der Waals surface area contributed by atoms with Gasteiger partial charge in [-0.2, -0.15) is 0 Å². The van der Waals surface area contributed by atoms with Gasteiger partial charge in [0.1, 0.15) is 5.75 Å². The lowest BCUT2D eigenvalue weighted by atomic mass is 10.2. The van der Waals surface area contributed by atoms with Crippen LogP contribution in [0.25, 0.3) is 16.7 Å². The minimum Gasteiger partial charge on any atom is -0.496 e. The topological polar surface area (TPSA) is 105 Å². The van der Waals surface area contributed by atoms with E-state index in [1.807, 2.05) is 16.5 Å². The Morgan fingerprint density at radius 1 is 1.27 bits per heavy atom. The molecule has 4 rings (SSSR count). The number of para-hydroxylation sites is 1. The van der Waals surface area contributed by atoms with Gasteiger partial charge in [-0.3, -0.25) is 23.9 Å². The van der Waals surface area contributed by atoms with E-state index in [0.717, 1.165) is 0 Å². The van der Waals surface area contributed by atoms with E-state index in [9.17, 15) is 14.9 Å². The van der Waals surface area contributed by atoms with E-state index in [0.29, 0.717) is 45.4 Å². The van der Waals surface area contributed by atoms with Crippen molar-refractivity contribution in [1.29, 1.82) is 0 Å². The van der Waals surface area contributed by atoms with Crippen LogP contribution < -0.4 is 10.3 Å². The van der Waals surface area contributed by atoms with Crippen molar-refractivity contribution in [3.8, 4) is 5.75 Å². The van der Waals surface area contributed by atoms with Gasteiger partial charge in [0.15, 0.2) is 5.16 Å². The molecule has 0 aliphatic rings. The highest BCUT2D eigenvalue weighted by molar-refractivity contribution is 7.98. The maximum Gasteiger partial charge on any atom is 0.270 e. The van der Waals surface area contributed by atoms with Crippen LogP contribution >= 0.6 is 11.8 Å². The second-order valence-electron chi connectivity index (χ2n) is 6.38. The summed E-state index contributed by atoms with van der Waals surface area (Å²) in [6, 6.07) is 11.7. The van der Waals surface area contributed by atoms with Crippen molar-refractivity contribution < 1.29 is 9.66 Å². The molecular weight excluding hydrogens is 406 g/mol. The summed E-state index contributed by atoms with van der Waals surface area (Å²) in [5.74, 6) is 1.34. The second-order valence-corrected chi connectivity index (χ2v) is 7.32. The highest BCUT2D eigenvalue weighted by Gasteiger charge is 2.18. The van der Waals surface area contributed by atoms with E-state index in [1.54, 1.807) is 24.3 Å². The molecular formula is C20H17N5O4S. The van der Waals surface area contributed by atoms with Crippen LogP contribution in [0.15, 0.2) is 65.1 Å². The summed E-state index contributed by atoms with van der Waals surface area (Å²) < 4.78 is 8.67. The fourth-order valence-corrected chi connectivity index (χ4v) is 4.17. The summed E-state index contributed by atoms with van der Waals surface area (Å²) in [7, 11) is 1.52. The number of allylic oxidation sites excluding steroid dienone is 1. The monoisotopic (exact) mass is 423 g/mol. The first-order valence-electron chi connectivity index (χ1n) is 8.96. The van der Waals surface area contributed by atoms with E-state index >= 15 is 0 Å². The van der Waals surface area contributed by atoms with E-state index in [1.165, 1.54) is 35.6 Å². The van der Waals surface area contributed by atoms with Crippen LogP contribution in [0.2, 0.25) is 0 Å². The van der Waals surface area contributed by atoms with Crippen LogP contribution in [-0.4, -0.2) is 31.2 Å². The van der Waals surface area contributed by atoms with Gasteiger partial charge in [0.2, 0.25) is 5.78 Å². The van der Waals surface area contributed by atoms with Crippen molar-refractivity contribution in [2.75, 3.05) is 7.11 Å². The molecule has 9 nitrogen and oxygen atoms in total. The minimum atomic E-state index is -0.443. The quantitative estimate of drug-likeness (QED) is 0.194. The number of fused-ring (bicyclic) bond motifs is 3. The first-order chi connectivity index (χ1) is 14.5. The molecule has 0 saturated heterocycles. The number of thioether (sulfide) groups is 1. The summed E-state index contributed by atoms with van der Waals surface area (Å²) in [4.78, 5) is 23.5. The van der Waals surface area contributed by atoms with Crippen molar-refractivity contribution in [1.82, 2.24) is 19.2 Å². The average molecular weight is 423 g/mol. The zero-order valence-electron chi connectivity index (χ0n) is 16.0. The van der Waals surface area contributed by atoms with Gasteiger partial charge < -0.3 is 4.74 Å². The van der Waals surface area contributed by atoms with Crippen molar-refractivity contribution in [3.63, 3.8) is 0 Å². The number of nitro groups is 1. The molecule has 0 atom stereocenters. The molecule has 0 N–H and O–H groups in total. The molecule has 0 bridgehead atoms. The number of aromatic nitrogens is 4. The van der Waals surface area contributed by atoms with E-state index in [4.69, 9.17) is 4.74 Å². The molecule has 30 heavy (non-hydrogen) atoms. The summed E-state index contributed by atoms with van der Waals surface area (Å²) in [5.41, 5.74) is 1.18.